The second-order valence-corrected chi connectivity index (χ2v) is 3.16. The first-order chi connectivity index (χ1) is 5.65. The minimum atomic E-state index is -0.881. The third-order valence-electron chi connectivity index (χ3n) is 1.94. The maximum Gasteiger partial charge on any atom is 0.188 e. The molecular formula is C10H14O2. The lowest BCUT2D eigenvalue weighted by Gasteiger charge is -2.16. The van der Waals surface area contributed by atoms with E-state index in [-0.39, 0.29) is 5.78 Å². The Morgan fingerprint density at radius 1 is 1.50 bits per heavy atom. The Morgan fingerprint density at radius 3 is 2.75 bits per heavy atom. The van der Waals surface area contributed by atoms with Crippen molar-refractivity contribution in [1.29, 1.82) is 0 Å². The summed E-state index contributed by atoms with van der Waals surface area (Å²) in [4.78, 5) is 11.1. The molecule has 1 rings (SSSR count). The minimum absolute atomic E-state index is 0.182. The lowest BCUT2D eigenvalue weighted by atomic mass is 9.93. The zero-order valence-electron chi connectivity index (χ0n) is 7.50. The zero-order valence-corrected chi connectivity index (χ0v) is 7.50. The van der Waals surface area contributed by atoms with Crippen LogP contribution in [0.2, 0.25) is 0 Å². The van der Waals surface area contributed by atoms with E-state index in [1.165, 1.54) is 6.08 Å². The first-order valence-electron chi connectivity index (χ1n) is 4.26. The Bertz CT molecular complexity index is 249. The largest absolute Gasteiger partial charge is 0.381 e. The van der Waals surface area contributed by atoms with Crippen molar-refractivity contribution in [2.45, 2.75) is 32.8 Å². The van der Waals surface area contributed by atoms with E-state index in [1.807, 2.05) is 19.9 Å². The van der Waals surface area contributed by atoms with Crippen molar-refractivity contribution in [2.75, 3.05) is 0 Å². The van der Waals surface area contributed by atoms with Crippen molar-refractivity contribution >= 4 is 5.78 Å². The van der Waals surface area contributed by atoms with Crippen LogP contribution in [0.4, 0.5) is 0 Å². The predicted molar refractivity (Wildman–Crippen MR) is 47.8 cm³/mol. The second-order valence-electron chi connectivity index (χ2n) is 3.16. The van der Waals surface area contributed by atoms with Crippen LogP contribution >= 0.6 is 0 Å². The number of hydrogen-bond acceptors (Lipinski definition) is 2. The molecule has 0 radical (unpaired) electrons. The van der Waals surface area contributed by atoms with E-state index < -0.39 is 6.10 Å². The average Bonchev–Trinajstić information content (AvgIpc) is 2.00. The van der Waals surface area contributed by atoms with Crippen LogP contribution in [0.1, 0.15) is 26.7 Å². The van der Waals surface area contributed by atoms with Gasteiger partial charge in [0.15, 0.2) is 5.78 Å². The molecule has 0 aromatic heterocycles. The van der Waals surface area contributed by atoms with Gasteiger partial charge in [0, 0.05) is 0 Å². The van der Waals surface area contributed by atoms with E-state index in [4.69, 9.17) is 0 Å². The summed E-state index contributed by atoms with van der Waals surface area (Å²) in [5.41, 5.74) is 1.79. The van der Waals surface area contributed by atoms with Gasteiger partial charge < -0.3 is 5.11 Å². The van der Waals surface area contributed by atoms with Crippen molar-refractivity contribution in [3.8, 4) is 0 Å². The number of allylic oxidation sites excluding steroid dienone is 2. The standard InChI is InChI=1S/C10H14O2/c1-3-4-8-5-7(2)6-9(11)10(8)12/h5-6,10,12H,3-4H2,1-2H3. The van der Waals surface area contributed by atoms with E-state index in [2.05, 4.69) is 0 Å². The van der Waals surface area contributed by atoms with Crippen LogP contribution < -0.4 is 0 Å². The molecule has 1 unspecified atom stereocenters. The fraction of sp³-hybridized carbons (Fsp3) is 0.500. The topological polar surface area (TPSA) is 37.3 Å². The molecule has 2 heteroatoms. The van der Waals surface area contributed by atoms with Gasteiger partial charge in [-0.05, 0) is 30.6 Å². The third-order valence-corrected chi connectivity index (χ3v) is 1.94. The quantitative estimate of drug-likeness (QED) is 0.676. The highest BCUT2D eigenvalue weighted by Gasteiger charge is 2.20. The highest BCUT2D eigenvalue weighted by molar-refractivity contribution is 5.97. The summed E-state index contributed by atoms with van der Waals surface area (Å²) in [6, 6.07) is 0. The van der Waals surface area contributed by atoms with Crippen LogP contribution in [0, 0.1) is 0 Å². The molecule has 0 heterocycles. The fourth-order valence-corrected chi connectivity index (χ4v) is 1.40. The summed E-state index contributed by atoms with van der Waals surface area (Å²) >= 11 is 0. The summed E-state index contributed by atoms with van der Waals surface area (Å²) in [6.07, 6.45) is 4.27. The van der Waals surface area contributed by atoms with Gasteiger partial charge in [0.05, 0.1) is 0 Å². The Morgan fingerprint density at radius 2 is 2.17 bits per heavy atom. The molecule has 66 valence electrons. The normalized spacial score (nSPS) is 23.6. The Labute approximate surface area is 72.6 Å². The molecule has 0 saturated carbocycles. The SMILES string of the molecule is CCCC1=CC(C)=CC(=O)C1O. The van der Waals surface area contributed by atoms with E-state index >= 15 is 0 Å². The molecule has 2 nitrogen and oxygen atoms in total. The lowest BCUT2D eigenvalue weighted by Crippen LogP contribution is -2.23. The molecule has 0 amide bonds. The molecule has 0 bridgehead atoms. The fourth-order valence-electron chi connectivity index (χ4n) is 1.40. The third kappa shape index (κ3) is 1.83. The number of aliphatic hydroxyl groups excluding tert-OH is 1. The molecule has 1 aliphatic rings. The maximum atomic E-state index is 11.1. The Balaban J connectivity index is 2.83. The van der Waals surface area contributed by atoms with E-state index in [0.29, 0.717) is 0 Å². The van der Waals surface area contributed by atoms with Gasteiger partial charge in [0.25, 0.3) is 0 Å². The Hall–Kier alpha value is -0.890. The van der Waals surface area contributed by atoms with Crippen molar-refractivity contribution in [2.24, 2.45) is 0 Å². The highest BCUT2D eigenvalue weighted by atomic mass is 16.3. The van der Waals surface area contributed by atoms with Gasteiger partial charge in [0.2, 0.25) is 0 Å². The van der Waals surface area contributed by atoms with Crippen LogP contribution in [0.25, 0.3) is 0 Å². The van der Waals surface area contributed by atoms with E-state index in [9.17, 15) is 9.90 Å². The Kier molecular flexibility index (Phi) is 2.82. The van der Waals surface area contributed by atoms with Gasteiger partial charge in [-0.25, -0.2) is 0 Å². The van der Waals surface area contributed by atoms with Gasteiger partial charge in [-0.1, -0.05) is 19.4 Å². The number of ketones is 1. The monoisotopic (exact) mass is 166 g/mol. The molecular weight excluding hydrogens is 152 g/mol. The molecule has 1 N–H and O–H groups in total. The molecule has 0 aromatic carbocycles. The predicted octanol–water partition coefficient (Wildman–Crippen LogP) is 1.60. The summed E-state index contributed by atoms with van der Waals surface area (Å²) < 4.78 is 0. The number of carbonyl (C=O) groups excluding carboxylic acids is 1. The second kappa shape index (κ2) is 3.68. The number of hydrogen-bond donors (Lipinski definition) is 1. The van der Waals surface area contributed by atoms with Gasteiger partial charge >= 0.3 is 0 Å². The average molecular weight is 166 g/mol. The summed E-state index contributed by atoms with van der Waals surface area (Å²) in [7, 11) is 0. The molecule has 0 aliphatic heterocycles. The van der Waals surface area contributed by atoms with Crippen LogP contribution in [-0.4, -0.2) is 17.0 Å². The van der Waals surface area contributed by atoms with Crippen LogP contribution in [0.3, 0.4) is 0 Å². The lowest BCUT2D eigenvalue weighted by molar-refractivity contribution is -0.120. The van der Waals surface area contributed by atoms with Crippen LogP contribution in [-0.2, 0) is 4.79 Å². The molecule has 1 aliphatic carbocycles. The minimum Gasteiger partial charge on any atom is -0.381 e. The molecule has 0 spiro atoms. The number of carbonyl (C=O) groups is 1. The molecule has 0 fully saturated rings. The molecule has 0 saturated heterocycles. The number of rotatable bonds is 2. The highest BCUT2D eigenvalue weighted by Crippen LogP contribution is 2.19. The summed E-state index contributed by atoms with van der Waals surface area (Å²) in [5.74, 6) is -0.182. The van der Waals surface area contributed by atoms with E-state index in [0.717, 1.165) is 24.0 Å². The summed E-state index contributed by atoms with van der Waals surface area (Å²) in [6.45, 7) is 3.91. The van der Waals surface area contributed by atoms with Crippen LogP contribution in [0.15, 0.2) is 23.3 Å². The zero-order chi connectivity index (χ0) is 9.14. The van der Waals surface area contributed by atoms with Crippen molar-refractivity contribution in [3.63, 3.8) is 0 Å². The molecule has 0 aromatic rings. The molecule has 1 atom stereocenters. The number of aliphatic hydroxyl groups is 1. The first kappa shape index (κ1) is 9.20. The smallest absolute Gasteiger partial charge is 0.188 e. The van der Waals surface area contributed by atoms with Gasteiger partial charge in [0.1, 0.15) is 6.10 Å². The van der Waals surface area contributed by atoms with Crippen molar-refractivity contribution in [3.05, 3.63) is 23.3 Å². The molecule has 12 heavy (non-hydrogen) atoms. The van der Waals surface area contributed by atoms with Gasteiger partial charge in [-0.3, -0.25) is 4.79 Å². The van der Waals surface area contributed by atoms with Crippen molar-refractivity contribution in [1.82, 2.24) is 0 Å². The first-order valence-corrected chi connectivity index (χ1v) is 4.26. The van der Waals surface area contributed by atoms with E-state index in [1.54, 1.807) is 0 Å². The maximum absolute atomic E-state index is 11.1. The van der Waals surface area contributed by atoms with Gasteiger partial charge in [-0.15, -0.1) is 0 Å². The van der Waals surface area contributed by atoms with Crippen molar-refractivity contribution < 1.29 is 9.90 Å². The summed E-state index contributed by atoms with van der Waals surface area (Å²) in [5, 5.41) is 9.42. The van der Waals surface area contributed by atoms with Gasteiger partial charge in [-0.2, -0.15) is 0 Å². The van der Waals surface area contributed by atoms with Crippen LogP contribution in [0.5, 0.6) is 0 Å².